The first-order valence-corrected chi connectivity index (χ1v) is 9.75. The van der Waals surface area contributed by atoms with Gasteiger partial charge in [-0.15, -0.1) is 0 Å². The summed E-state index contributed by atoms with van der Waals surface area (Å²) in [4.78, 5) is 17.1. The van der Waals surface area contributed by atoms with Crippen LogP contribution in [-0.2, 0) is 0 Å². The van der Waals surface area contributed by atoms with Gasteiger partial charge in [0.2, 0.25) is 0 Å². The first-order chi connectivity index (χ1) is 13.1. The fourth-order valence-electron chi connectivity index (χ4n) is 3.19. The van der Waals surface area contributed by atoms with Crippen LogP contribution in [0.5, 0.6) is 0 Å². The molecule has 1 saturated heterocycles. The lowest BCUT2D eigenvalue weighted by Crippen LogP contribution is -2.44. The predicted molar refractivity (Wildman–Crippen MR) is 114 cm³/mol. The van der Waals surface area contributed by atoms with Gasteiger partial charge < -0.3 is 14.2 Å². The summed E-state index contributed by atoms with van der Waals surface area (Å²) in [6.07, 6.45) is 0. The van der Waals surface area contributed by atoms with E-state index >= 15 is 0 Å². The molecule has 1 aromatic heterocycles. The molecule has 3 aromatic rings. The molecule has 1 aliphatic rings. The minimum Gasteiger partial charge on any atom is -0.422 e. The van der Waals surface area contributed by atoms with E-state index in [-0.39, 0.29) is 5.63 Å². The Hall–Kier alpha value is -2.30. The molecule has 0 unspecified atom stereocenters. The molecule has 27 heavy (non-hydrogen) atoms. The fourth-order valence-corrected chi connectivity index (χ4v) is 3.32. The average molecular weight is 385 g/mol. The van der Waals surface area contributed by atoms with Crippen LogP contribution in [0.3, 0.4) is 0 Å². The van der Waals surface area contributed by atoms with Crippen LogP contribution in [0, 0.1) is 0 Å². The maximum Gasteiger partial charge on any atom is 0.344 e. The van der Waals surface area contributed by atoms with Gasteiger partial charge in [-0.25, -0.2) is 4.79 Å². The van der Waals surface area contributed by atoms with E-state index in [1.54, 1.807) is 12.1 Å². The SMILES string of the molecule is CC.CN1CCN(c2ccc3cc(-c4ccc(Cl)cc4)c(=O)oc3c2)CC1. The molecule has 0 spiro atoms. The van der Waals surface area contributed by atoms with Crippen molar-refractivity contribution in [3.05, 3.63) is 64.0 Å². The van der Waals surface area contributed by atoms with E-state index in [1.165, 1.54) is 0 Å². The van der Waals surface area contributed by atoms with Gasteiger partial charge in [0.05, 0.1) is 5.56 Å². The summed E-state index contributed by atoms with van der Waals surface area (Å²) in [7, 11) is 2.13. The highest BCUT2D eigenvalue weighted by molar-refractivity contribution is 6.30. The lowest BCUT2D eigenvalue weighted by atomic mass is 10.1. The van der Waals surface area contributed by atoms with Crippen LogP contribution in [0.1, 0.15) is 13.8 Å². The third-order valence-electron chi connectivity index (χ3n) is 4.74. The number of benzene rings is 2. The van der Waals surface area contributed by atoms with E-state index in [2.05, 4.69) is 22.9 Å². The maximum absolute atomic E-state index is 12.4. The van der Waals surface area contributed by atoms with Gasteiger partial charge in [0, 0.05) is 48.3 Å². The summed E-state index contributed by atoms with van der Waals surface area (Å²) in [6.45, 7) is 8.04. The van der Waals surface area contributed by atoms with Gasteiger partial charge >= 0.3 is 5.63 Å². The van der Waals surface area contributed by atoms with Crippen molar-refractivity contribution in [3.8, 4) is 11.1 Å². The zero-order chi connectivity index (χ0) is 19.4. The first-order valence-electron chi connectivity index (χ1n) is 9.37. The van der Waals surface area contributed by atoms with Crippen molar-refractivity contribution < 1.29 is 4.42 Å². The lowest BCUT2D eigenvalue weighted by molar-refractivity contribution is 0.313. The third-order valence-corrected chi connectivity index (χ3v) is 5.00. The number of hydrogen-bond donors (Lipinski definition) is 0. The Morgan fingerprint density at radius 2 is 1.59 bits per heavy atom. The second-order valence-corrected chi connectivity index (χ2v) is 6.90. The molecule has 2 aromatic carbocycles. The van der Waals surface area contributed by atoms with Crippen molar-refractivity contribution in [2.45, 2.75) is 13.8 Å². The van der Waals surface area contributed by atoms with Crippen molar-refractivity contribution in [3.63, 3.8) is 0 Å². The average Bonchev–Trinajstić information content (AvgIpc) is 2.70. The largest absolute Gasteiger partial charge is 0.422 e. The van der Waals surface area contributed by atoms with Crippen molar-refractivity contribution in [2.24, 2.45) is 0 Å². The lowest BCUT2D eigenvalue weighted by Gasteiger charge is -2.34. The van der Waals surface area contributed by atoms with Crippen LogP contribution in [0.25, 0.3) is 22.1 Å². The fraction of sp³-hybridized carbons (Fsp3) is 0.318. The van der Waals surface area contributed by atoms with Crippen molar-refractivity contribution in [1.29, 1.82) is 0 Å². The molecular weight excluding hydrogens is 360 g/mol. The molecule has 5 heteroatoms. The molecule has 0 saturated carbocycles. The zero-order valence-corrected chi connectivity index (χ0v) is 16.8. The van der Waals surface area contributed by atoms with Crippen molar-refractivity contribution in [1.82, 2.24) is 4.90 Å². The Bertz CT molecular complexity index is 958. The molecule has 0 amide bonds. The van der Waals surface area contributed by atoms with Crippen LogP contribution in [-0.4, -0.2) is 38.1 Å². The Morgan fingerprint density at radius 1 is 0.926 bits per heavy atom. The Balaban J connectivity index is 0.00000102. The topological polar surface area (TPSA) is 36.7 Å². The van der Waals surface area contributed by atoms with Crippen LogP contribution in [0.4, 0.5) is 5.69 Å². The summed E-state index contributed by atoms with van der Waals surface area (Å²) < 4.78 is 5.60. The molecule has 4 rings (SSSR count). The first kappa shape index (κ1) is 19.5. The molecule has 0 N–H and O–H groups in total. The molecule has 0 bridgehead atoms. The Kier molecular flexibility index (Phi) is 6.19. The molecule has 142 valence electrons. The second kappa shape index (κ2) is 8.59. The molecule has 0 atom stereocenters. The van der Waals surface area contributed by atoms with E-state index in [0.717, 1.165) is 42.8 Å². The van der Waals surface area contributed by atoms with E-state index in [1.807, 2.05) is 44.2 Å². The van der Waals surface area contributed by atoms with Gasteiger partial charge in [-0.3, -0.25) is 0 Å². The van der Waals surface area contributed by atoms with Crippen LogP contribution >= 0.6 is 11.6 Å². The monoisotopic (exact) mass is 384 g/mol. The quantitative estimate of drug-likeness (QED) is 0.589. The standard InChI is InChI=1S/C20H19ClN2O2.C2H6/c1-22-8-10-23(11-9-22)17-7-4-15-12-18(20(24)25-19(15)13-17)14-2-5-16(21)6-3-14;1-2/h2-7,12-13H,8-11H2,1H3;1-2H3. The number of halogens is 1. The minimum atomic E-state index is -0.328. The van der Waals surface area contributed by atoms with E-state index < -0.39 is 0 Å². The highest BCUT2D eigenvalue weighted by atomic mass is 35.5. The molecule has 1 fully saturated rings. The summed E-state index contributed by atoms with van der Waals surface area (Å²) in [5, 5.41) is 1.56. The minimum absolute atomic E-state index is 0.328. The summed E-state index contributed by atoms with van der Waals surface area (Å²) in [5.41, 5.74) is 2.76. The Morgan fingerprint density at radius 3 is 2.26 bits per heavy atom. The number of fused-ring (bicyclic) bond motifs is 1. The number of rotatable bonds is 2. The summed E-state index contributed by atoms with van der Waals surface area (Å²) in [6, 6.07) is 15.2. The zero-order valence-electron chi connectivity index (χ0n) is 16.0. The number of nitrogens with zero attached hydrogens (tertiary/aromatic N) is 2. The maximum atomic E-state index is 12.4. The van der Waals surface area contributed by atoms with Gasteiger partial charge in [-0.2, -0.15) is 0 Å². The van der Waals surface area contributed by atoms with Crippen LogP contribution in [0.2, 0.25) is 5.02 Å². The molecule has 0 radical (unpaired) electrons. The van der Waals surface area contributed by atoms with E-state index in [9.17, 15) is 4.79 Å². The summed E-state index contributed by atoms with van der Waals surface area (Å²) in [5.74, 6) is 0. The number of anilines is 1. The highest BCUT2D eigenvalue weighted by Crippen LogP contribution is 2.26. The second-order valence-electron chi connectivity index (χ2n) is 6.47. The summed E-state index contributed by atoms with van der Waals surface area (Å²) >= 11 is 5.93. The molecule has 4 nitrogen and oxygen atoms in total. The van der Waals surface area contributed by atoms with Gasteiger partial charge in [0.25, 0.3) is 0 Å². The number of hydrogen-bond acceptors (Lipinski definition) is 4. The van der Waals surface area contributed by atoms with Gasteiger partial charge in [0.15, 0.2) is 0 Å². The number of piperazine rings is 1. The third kappa shape index (κ3) is 4.34. The van der Waals surface area contributed by atoms with Crippen LogP contribution < -0.4 is 10.5 Å². The Labute approximate surface area is 165 Å². The molecule has 0 aliphatic carbocycles. The van der Waals surface area contributed by atoms with Gasteiger partial charge in [-0.05, 0) is 42.9 Å². The molecule has 1 aliphatic heterocycles. The van der Waals surface area contributed by atoms with E-state index in [0.29, 0.717) is 16.2 Å². The molecule has 2 heterocycles. The smallest absolute Gasteiger partial charge is 0.344 e. The predicted octanol–water partition coefficient (Wildman–Crippen LogP) is 4.89. The molecular formula is C22H25ClN2O2. The number of likely N-dealkylation sites (N-methyl/N-ethyl adjacent to an activating group) is 1. The van der Waals surface area contributed by atoms with Crippen molar-refractivity contribution >= 4 is 28.3 Å². The van der Waals surface area contributed by atoms with Gasteiger partial charge in [0.1, 0.15) is 5.58 Å². The van der Waals surface area contributed by atoms with Crippen LogP contribution in [0.15, 0.2) is 57.7 Å². The van der Waals surface area contributed by atoms with Crippen molar-refractivity contribution in [2.75, 3.05) is 38.1 Å². The van der Waals surface area contributed by atoms with Gasteiger partial charge in [-0.1, -0.05) is 37.6 Å². The van der Waals surface area contributed by atoms with E-state index in [4.69, 9.17) is 16.0 Å². The highest BCUT2D eigenvalue weighted by Gasteiger charge is 2.15. The normalized spacial score (nSPS) is 14.7.